The smallest absolute Gasteiger partial charge is 0.339 e. The van der Waals surface area contributed by atoms with Crippen molar-refractivity contribution < 1.29 is 19.1 Å². The van der Waals surface area contributed by atoms with Gasteiger partial charge in [0.1, 0.15) is 0 Å². The number of benzene rings is 1. The molecule has 0 amide bonds. The molecule has 0 unspecified atom stereocenters. The van der Waals surface area contributed by atoms with Gasteiger partial charge in [0.2, 0.25) is 0 Å². The van der Waals surface area contributed by atoms with Crippen LogP contribution in [0.15, 0.2) is 12.1 Å². The van der Waals surface area contributed by atoms with Gasteiger partial charge in [-0.05, 0) is 36.0 Å². The lowest BCUT2D eigenvalue weighted by atomic mass is 10.0. The fraction of sp³-hybridized carbons (Fsp3) is 0.556. The molecule has 1 aromatic rings. The summed E-state index contributed by atoms with van der Waals surface area (Å²) in [5.74, 6) is -0.657. The average molecular weight is 341 g/mol. The van der Waals surface area contributed by atoms with Gasteiger partial charge in [-0.2, -0.15) is 0 Å². The summed E-state index contributed by atoms with van der Waals surface area (Å²) >= 11 is 6.18. The van der Waals surface area contributed by atoms with E-state index < -0.39 is 11.9 Å². The summed E-state index contributed by atoms with van der Waals surface area (Å²) in [4.78, 5) is 24.6. The summed E-state index contributed by atoms with van der Waals surface area (Å²) in [7, 11) is 0. The molecule has 0 bridgehead atoms. The van der Waals surface area contributed by atoms with Crippen molar-refractivity contribution in [1.82, 2.24) is 0 Å². The third-order valence-corrected chi connectivity index (χ3v) is 3.45. The first-order chi connectivity index (χ1) is 10.8. The molecule has 0 radical (unpaired) electrons. The highest BCUT2D eigenvalue weighted by Gasteiger charge is 2.22. The Labute approximate surface area is 143 Å². The quantitative estimate of drug-likeness (QED) is 0.684. The maximum Gasteiger partial charge on any atom is 0.339 e. The van der Waals surface area contributed by atoms with Crippen LogP contribution in [0, 0.1) is 11.8 Å². The maximum absolute atomic E-state index is 12.3. The highest BCUT2D eigenvalue weighted by molar-refractivity contribution is 6.32. The van der Waals surface area contributed by atoms with Crippen molar-refractivity contribution >= 4 is 23.5 Å². The van der Waals surface area contributed by atoms with Gasteiger partial charge in [0.15, 0.2) is 0 Å². The van der Waals surface area contributed by atoms with Gasteiger partial charge in [-0.25, -0.2) is 9.59 Å². The Morgan fingerprint density at radius 1 is 0.957 bits per heavy atom. The summed E-state index contributed by atoms with van der Waals surface area (Å²) in [5.41, 5.74) is 1.16. The molecule has 0 fully saturated rings. The average Bonchev–Trinajstić information content (AvgIpc) is 2.49. The van der Waals surface area contributed by atoms with Crippen molar-refractivity contribution in [1.29, 1.82) is 0 Å². The highest BCUT2D eigenvalue weighted by Crippen LogP contribution is 2.24. The summed E-state index contributed by atoms with van der Waals surface area (Å²) in [6, 6.07) is 3.12. The summed E-state index contributed by atoms with van der Waals surface area (Å²) in [5, 5.41) is 0.449. The number of aryl methyl sites for hydroxylation is 1. The number of rotatable bonds is 7. The second kappa shape index (κ2) is 8.92. The maximum atomic E-state index is 12.3. The minimum absolute atomic E-state index is 0.154. The molecule has 0 heterocycles. The lowest BCUT2D eigenvalue weighted by Crippen LogP contribution is -2.18. The molecule has 1 rings (SSSR count). The molecule has 0 N–H and O–H groups in total. The Hall–Kier alpha value is -1.55. The first kappa shape index (κ1) is 19.5. The van der Waals surface area contributed by atoms with Crippen LogP contribution in [0.5, 0.6) is 0 Å². The highest BCUT2D eigenvalue weighted by atomic mass is 35.5. The number of ether oxygens (including phenoxy) is 2. The fourth-order valence-electron chi connectivity index (χ4n) is 1.87. The van der Waals surface area contributed by atoms with E-state index in [0.717, 1.165) is 5.56 Å². The normalized spacial score (nSPS) is 11.0. The molecule has 23 heavy (non-hydrogen) atoms. The molecule has 0 saturated carbocycles. The third kappa shape index (κ3) is 5.87. The second-order valence-corrected chi connectivity index (χ2v) is 6.73. The van der Waals surface area contributed by atoms with Crippen LogP contribution in [-0.4, -0.2) is 25.2 Å². The molecule has 5 heteroatoms. The largest absolute Gasteiger partial charge is 0.462 e. The summed E-state index contributed by atoms with van der Waals surface area (Å²) < 4.78 is 10.5. The lowest BCUT2D eigenvalue weighted by Gasteiger charge is -2.14. The van der Waals surface area contributed by atoms with Gasteiger partial charge in [-0.1, -0.05) is 46.2 Å². The zero-order valence-corrected chi connectivity index (χ0v) is 15.2. The molecule has 0 spiro atoms. The Morgan fingerprint density at radius 3 is 1.78 bits per heavy atom. The van der Waals surface area contributed by atoms with Crippen LogP contribution in [0.1, 0.15) is 60.9 Å². The first-order valence-corrected chi connectivity index (χ1v) is 8.30. The van der Waals surface area contributed by atoms with Crippen LogP contribution in [0.3, 0.4) is 0 Å². The van der Waals surface area contributed by atoms with Crippen molar-refractivity contribution in [3.05, 3.63) is 33.8 Å². The van der Waals surface area contributed by atoms with Gasteiger partial charge in [0.25, 0.3) is 0 Å². The van der Waals surface area contributed by atoms with Crippen LogP contribution in [0.2, 0.25) is 5.02 Å². The molecule has 4 nitrogen and oxygen atoms in total. The number of carbonyl (C=O) groups excluding carboxylic acids is 2. The van der Waals surface area contributed by atoms with Crippen molar-refractivity contribution in [2.75, 3.05) is 13.2 Å². The Bertz CT molecular complexity index is 564. The van der Waals surface area contributed by atoms with E-state index in [2.05, 4.69) is 0 Å². The predicted octanol–water partition coefficient (Wildman–Crippen LogP) is 4.53. The Balaban J connectivity index is 3.13. The van der Waals surface area contributed by atoms with Crippen molar-refractivity contribution in [3.63, 3.8) is 0 Å². The number of hydrogen-bond donors (Lipinski definition) is 0. The SMILES string of the molecule is CCc1cc(C(=O)OCC(C)C)c(C(=O)OCC(C)C)cc1Cl. The minimum Gasteiger partial charge on any atom is -0.462 e. The molecule has 1 aromatic carbocycles. The molecule has 0 aromatic heterocycles. The van der Waals surface area contributed by atoms with Gasteiger partial charge in [-0.15, -0.1) is 0 Å². The standard InChI is InChI=1S/C18H25ClO4/c1-6-13-7-14(17(20)22-9-11(2)3)15(8-16(13)19)18(21)23-10-12(4)5/h7-8,11-12H,6,9-10H2,1-5H3. The van der Waals surface area contributed by atoms with Crippen LogP contribution in [-0.2, 0) is 15.9 Å². The van der Waals surface area contributed by atoms with E-state index in [4.69, 9.17) is 21.1 Å². The fourth-order valence-corrected chi connectivity index (χ4v) is 2.16. The van der Waals surface area contributed by atoms with Crippen LogP contribution < -0.4 is 0 Å². The predicted molar refractivity (Wildman–Crippen MR) is 91.1 cm³/mol. The van der Waals surface area contributed by atoms with Crippen LogP contribution >= 0.6 is 11.6 Å². The molecule has 128 valence electrons. The van der Waals surface area contributed by atoms with Crippen molar-refractivity contribution in [3.8, 4) is 0 Å². The molecule has 0 saturated heterocycles. The van der Waals surface area contributed by atoms with E-state index in [1.807, 2.05) is 34.6 Å². The van der Waals surface area contributed by atoms with E-state index in [1.165, 1.54) is 6.07 Å². The van der Waals surface area contributed by atoms with E-state index in [9.17, 15) is 9.59 Å². The number of hydrogen-bond acceptors (Lipinski definition) is 4. The second-order valence-electron chi connectivity index (χ2n) is 6.33. The monoisotopic (exact) mass is 340 g/mol. The first-order valence-electron chi connectivity index (χ1n) is 7.92. The summed E-state index contributed by atoms with van der Waals surface area (Å²) in [6.07, 6.45) is 0.657. The van der Waals surface area contributed by atoms with E-state index in [1.54, 1.807) is 6.07 Å². The number of esters is 2. The molecule has 0 aliphatic heterocycles. The van der Waals surface area contributed by atoms with Crippen molar-refractivity contribution in [2.45, 2.75) is 41.0 Å². The summed E-state index contributed by atoms with van der Waals surface area (Å²) in [6.45, 7) is 10.3. The molecule has 0 atom stereocenters. The molecule has 0 aliphatic rings. The topological polar surface area (TPSA) is 52.6 Å². The van der Waals surface area contributed by atoms with Gasteiger partial charge in [0, 0.05) is 5.02 Å². The number of halogens is 1. The van der Waals surface area contributed by atoms with E-state index in [-0.39, 0.29) is 29.6 Å². The molecular formula is C18H25ClO4. The lowest BCUT2D eigenvalue weighted by molar-refractivity contribution is 0.0412. The Morgan fingerprint density at radius 2 is 1.39 bits per heavy atom. The van der Waals surface area contributed by atoms with Crippen molar-refractivity contribution in [2.24, 2.45) is 11.8 Å². The molecular weight excluding hydrogens is 316 g/mol. The zero-order chi connectivity index (χ0) is 17.6. The zero-order valence-electron chi connectivity index (χ0n) is 14.4. The number of carbonyl (C=O) groups is 2. The van der Waals surface area contributed by atoms with Crippen LogP contribution in [0.4, 0.5) is 0 Å². The third-order valence-electron chi connectivity index (χ3n) is 3.10. The minimum atomic E-state index is -0.556. The van der Waals surface area contributed by atoms with E-state index in [0.29, 0.717) is 18.1 Å². The van der Waals surface area contributed by atoms with Gasteiger partial charge in [0.05, 0.1) is 24.3 Å². The van der Waals surface area contributed by atoms with Crippen LogP contribution in [0.25, 0.3) is 0 Å². The van der Waals surface area contributed by atoms with Gasteiger partial charge in [-0.3, -0.25) is 0 Å². The van der Waals surface area contributed by atoms with Gasteiger partial charge >= 0.3 is 11.9 Å². The molecule has 0 aliphatic carbocycles. The Kier molecular flexibility index (Phi) is 7.56. The van der Waals surface area contributed by atoms with E-state index >= 15 is 0 Å². The van der Waals surface area contributed by atoms with Gasteiger partial charge < -0.3 is 9.47 Å².